The van der Waals surface area contributed by atoms with Gasteiger partial charge >= 0.3 is 6.03 Å². The Hall–Kier alpha value is -3.15. The number of hydrogen-bond donors (Lipinski definition) is 2. The van der Waals surface area contributed by atoms with Crippen LogP contribution in [0.5, 0.6) is 5.75 Å². The first-order valence-corrected chi connectivity index (χ1v) is 13.3. The minimum atomic E-state index is -4.49. The maximum absolute atomic E-state index is 15.3. The van der Waals surface area contributed by atoms with Crippen molar-refractivity contribution >= 4 is 44.8 Å². The Labute approximate surface area is 222 Å². The summed E-state index contributed by atoms with van der Waals surface area (Å²) in [6.45, 7) is -0.285. The lowest BCUT2D eigenvalue weighted by atomic mass is 9.92. The Morgan fingerprint density at radius 1 is 1.19 bits per heavy atom. The van der Waals surface area contributed by atoms with Crippen molar-refractivity contribution in [3.63, 3.8) is 0 Å². The number of nitrogens with one attached hydrogen (secondary N) is 2. The van der Waals surface area contributed by atoms with Crippen LogP contribution in [0.4, 0.5) is 13.6 Å². The molecule has 2 amide bonds. The fraction of sp³-hybridized carbons (Fsp3) is 0.250. The molecule has 1 heterocycles. The third-order valence-electron chi connectivity index (χ3n) is 5.78. The average Bonchev–Trinajstić information content (AvgIpc) is 3.27. The summed E-state index contributed by atoms with van der Waals surface area (Å²) in [5.41, 5.74) is 2.55. The summed E-state index contributed by atoms with van der Waals surface area (Å²) < 4.78 is 62.3. The summed E-state index contributed by atoms with van der Waals surface area (Å²) in [4.78, 5) is 11.7. The van der Waals surface area contributed by atoms with Gasteiger partial charge in [-0.3, -0.25) is 4.68 Å². The Balaban J connectivity index is 1.51. The summed E-state index contributed by atoms with van der Waals surface area (Å²) in [5, 5.41) is 7.54. The van der Waals surface area contributed by atoms with Crippen LogP contribution in [-0.4, -0.2) is 37.9 Å². The van der Waals surface area contributed by atoms with Crippen molar-refractivity contribution in [2.45, 2.75) is 30.7 Å². The maximum atomic E-state index is 15.3. The number of aryl methyl sites for hydroxylation is 1. The van der Waals surface area contributed by atoms with Crippen LogP contribution in [0.15, 0.2) is 53.3 Å². The zero-order valence-corrected chi connectivity index (χ0v) is 21.9. The van der Waals surface area contributed by atoms with E-state index in [1.165, 1.54) is 7.11 Å². The predicted octanol–water partition coefficient (Wildman–Crippen LogP) is 5.09. The van der Waals surface area contributed by atoms with Gasteiger partial charge in [-0.25, -0.2) is 26.7 Å². The monoisotopic (exact) mass is 570 g/mol. The van der Waals surface area contributed by atoms with Crippen molar-refractivity contribution in [2.75, 3.05) is 13.7 Å². The third-order valence-corrected chi connectivity index (χ3v) is 7.72. The number of methoxy groups -OCH3 is 1. The quantitative estimate of drug-likeness (QED) is 0.412. The number of carbonyl (C=O) groups excluding carboxylic acids is 1. The standard InChI is InChI=1S/C24H22Cl2F2N4O4S/c1-36-21-8-7-17(27)10-22(21)37(34,35)31-24(33)29-12-20(28)18-4-2-3-14-11-30-32(23(14)18)13-15-5-6-16(25)9-19(15)26/h5-11H,2-4,12-13H2,1H3,(H2,29,31,33)/b20-18-. The number of ether oxygens (including phenoxy) is 1. The molecule has 0 unspecified atom stereocenters. The van der Waals surface area contributed by atoms with Crippen molar-refractivity contribution in [2.24, 2.45) is 0 Å². The molecule has 0 bridgehead atoms. The SMILES string of the molecule is COc1ccc(F)cc1S(=O)(=O)NC(=O)NC/C(F)=C1\CCCc2cnn(Cc3ccc(Cl)cc3Cl)c21. The van der Waals surface area contributed by atoms with Crippen LogP contribution in [-0.2, 0) is 23.0 Å². The lowest BCUT2D eigenvalue weighted by molar-refractivity contribution is 0.246. The molecule has 0 fully saturated rings. The first kappa shape index (κ1) is 26.9. The normalized spacial score (nSPS) is 14.6. The van der Waals surface area contributed by atoms with E-state index >= 15 is 4.39 Å². The largest absolute Gasteiger partial charge is 0.495 e. The molecule has 0 saturated heterocycles. The maximum Gasteiger partial charge on any atom is 0.329 e. The van der Waals surface area contributed by atoms with E-state index in [0.717, 1.165) is 23.3 Å². The van der Waals surface area contributed by atoms with E-state index in [1.807, 2.05) is 0 Å². The number of aromatic nitrogens is 2. The molecule has 8 nitrogen and oxygen atoms in total. The number of allylic oxidation sites excluding steroid dienone is 1. The molecule has 1 aromatic heterocycles. The molecule has 0 atom stereocenters. The molecular formula is C24H22Cl2F2N4O4S. The first-order valence-electron chi connectivity index (χ1n) is 11.1. The summed E-state index contributed by atoms with van der Waals surface area (Å²) >= 11 is 12.3. The van der Waals surface area contributed by atoms with Crippen LogP contribution in [0.1, 0.15) is 29.7 Å². The molecule has 0 aliphatic heterocycles. The highest BCUT2D eigenvalue weighted by atomic mass is 35.5. The Morgan fingerprint density at radius 3 is 2.70 bits per heavy atom. The number of fused-ring (bicyclic) bond motifs is 1. The molecule has 37 heavy (non-hydrogen) atoms. The van der Waals surface area contributed by atoms with E-state index < -0.39 is 39.1 Å². The molecule has 4 rings (SSSR count). The van der Waals surface area contributed by atoms with Gasteiger partial charge in [0.2, 0.25) is 0 Å². The van der Waals surface area contributed by atoms with Crippen molar-refractivity contribution in [3.8, 4) is 5.75 Å². The van der Waals surface area contributed by atoms with Crippen LogP contribution in [0, 0.1) is 5.82 Å². The van der Waals surface area contributed by atoms with Crippen LogP contribution in [0.2, 0.25) is 10.0 Å². The second kappa shape index (κ2) is 11.1. The second-order valence-corrected chi connectivity index (χ2v) is 10.7. The van der Waals surface area contributed by atoms with Crippen molar-refractivity contribution in [1.29, 1.82) is 0 Å². The zero-order chi connectivity index (χ0) is 26.7. The molecule has 1 aliphatic carbocycles. The molecule has 0 spiro atoms. The lowest BCUT2D eigenvalue weighted by Gasteiger charge is -2.19. The molecule has 0 saturated carbocycles. The fourth-order valence-corrected chi connectivity index (χ4v) is 5.64. The minimum absolute atomic E-state index is 0.154. The number of hydrogen-bond acceptors (Lipinski definition) is 5. The van der Waals surface area contributed by atoms with Gasteiger partial charge in [-0.15, -0.1) is 0 Å². The topological polar surface area (TPSA) is 102 Å². The molecular weight excluding hydrogens is 549 g/mol. The molecule has 13 heteroatoms. The molecule has 2 N–H and O–H groups in total. The summed E-state index contributed by atoms with van der Waals surface area (Å²) in [5.74, 6) is -1.62. The molecule has 3 aromatic rings. The number of benzene rings is 2. The number of halogens is 4. The number of nitrogens with zero attached hydrogens (tertiary/aromatic N) is 2. The second-order valence-electron chi connectivity index (χ2n) is 8.23. The van der Waals surface area contributed by atoms with Crippen molar-refractivity contribution in [1.82, 2.24) is 19.8 Å². The van der Waals surface area contributed by atoms with Crippen molar-refractivity contribution < 1.29 is 26.7 Å². The Morgan fingerprint density at radius 2 is 1.97 bits per heavy atom. The third kappa shape index (κ3) is 6.06. The fourth-order valence-electron chi connectivity index (χ4n) is 4.06. The molecule has 1 aliphatic rings. The summed E-state index contributed by atoms with van der Waals surface area (Å²) in [7, 11) is -3.28. The van der Waals surface area contributed by atoms with Crippen LogP contribution in [0.25, 0.3) is 5.57 Å². The minimum Gasteiger partial charge on any atom is -0.495 e. The van der Waals surface area contributed by atoms with Crippen molar-refractivity contribution in [3.05, 3.63) is 81.1 Å². The predicted molar refractivity (Wildman–Crippen MR) is 135 cm³/mol. The molecule has 0 radical (unpaired) electrons. The number of sulfonamides is 1. The van der Waals surface area contributed by atoms with Gasteiger partial charge in [-0.2, -0.15) is 5.10 Å². The van der Waals surface area contributed by atoms with Gasteiger partial charge in [-0.05, 0) is 60.7 Å². The van der Waals surface area contributed by atoms with Gasteiger partial charge in [0, 0.05) is 15.6 Å². The number of urea groups is 1. The van der Waals surface area contributed by atoms with E-state index in [4.69, 9.17) is 27.9 Å². The smallest absolute Gasteiger partial charge is 0.329 e. The zero-order valence-electron chi connectivity index (χ0n) is 19.5. The van der Waals surface area contributed by atoms with Gasteiger partial charge in [0.25, 0.3) is 10.0 Å². The van der Waals surface area contributed by atoms with Crippen LogP contribution in [0.3, 0.4) is 0 Å². The highest BCUT2D eigenvalue weighted by Crippen LogP contribution is 2.34. The molecule has 196 valence electrons. The van der Waals surface area contributed by atoms with Gasteiger partial charge in [0.05, 0.1) is 32.1 Å². The van der Waals surface area contributed by atoms with Crippen LogP contribution < -0.4 is 14.8 Å². The average molecular weight is 571 g/mol. The van der Waals surface area contributed by atoms with Gasteiger partial charge < -0.3 is 10.1 Å². The summed E-state index contributed by atoms with van der Waals surface area (Å²) in [6.07, 6.45) is 3.47. The van der Waals surface area contributed by atoms with E-state index in [9.17, 15) is 17.6 Å². The Kier molecular flexibility index (Phi) is 8.05. The Bertz CT molecular complexity index is 1490. The van der Waals surface area contributed by atoms with E-state index in [0.29, 0.717) is 46.6 Å². The van der Waals surface area contributed by atoms with E-state index in [2.05, 4.69) is 10.4 Å². The highest BCUT2D eigenvalue weighted by molar-refractivity contribution is 7.90. The lowest BCUT2D eigenvalue weighted by Crippen LogP contribution is -2.40. The number of carbonyl (C=O) groups is 1. The summed E-state index contributed by atoms with van der Waals surface area (Å²) in [6, 6.07) is 6.75. The number of amides is 2. The molecule has 2 aromatic carbocycles. The van der Waals surface area contributed by atoms with E-state index in [-0.39, 0.29) is 12.3 Å². The van der Waals surface area contributed by atoms with Gasteiger partial charge in [0.15, 0.2) is 0 Å². The number of rotatable bonds is 7. The van der Waals surface area contributed by atoms with Crippen LogP contribution >= 0.6 is 23.2 Å². The van der Waals surface area contributed by atoms with Gasteiger partial charge in [0.1, 0.15) is 22.3 Å². The van der Waals surface area contributed by atoms with Gasteiger partial charge in [-0.1, -0.05) is 29.3 Å². The highest BCUT2D eigenvalue weighted by Gasteiger charge is 2.26. The van der Waals surface area contributed by atoms with E-state index in [1.54, 1.807) is 33.8 Å². The first-order chi connectivity index (χ1) is 17.6.